The third kappa shape index (κ3) is 3.37. The molecule has 0 unspecified atom stereocenters. The highest BCUT2D eigenvalue weighted by Crippen LogP contribution is 2.33. The van der Waals surface area contributed by atoms with Gasteiger partial charge in [0.15, 0.2) is 0 Å². The minimum atomic E-state index is -0.0445. The van der Waals surface area contributed by atoms with E-state index in [0.717, 1.165) is 19.6 Å². The topological polar surface area (TPSA) is 35.6 Å². The molecule has 1 aliphatic rings. The van der Waals surface area contributed by atoms with Gasteiger partial charge in [0.05, 0.1) is 11.4 Å². The highest BCUT2D eigenvalue weighted by Gasteiger charge is 2.22. The van der Waals surface area contributed by atoms with Crippen LogP contribution in [0.5, 0.6) is 0 Å². The molecule has 1 N–H and O–H groups in total. The van der Waals surface area contributed by atoms with Crippen LogP contribution < -0.4 is 15.1 Å². The Morgan fingerprint density at radius 3 is 2.42 bits per heavy atom. The van der Waals surface area contributed by atoms with E-state index in [1.807, 2.05) is 24.3 Å². The molecule has 0 aromatic heterocycles. The van der Waals surface area contributed by atoms with Gasteiger partial charge in [0, 0.05) is 39.3 Å². The summed E-state index contributed by atoms with van der Waals surface area (Å²) in [6.45, 7) is 5.23. The van der Waals surface area contributed by atoms with E-state index in [0.29, 0.717) is 11.5 Å². The molecule has 0 fully saturated rings. The molecule has 0 spiro atoms. The molecule has 2 aromatic rings. The van der Waals surface area contributed by atoms with Crippen LogP contribution in [-0.4, -0.2) is 33.1 Å². The van der Waals surface area contributed by atoms with Crippen molar-refractivity contribution in [1.29, 1.82) is 0 Å². The van der Waals surface area contributed by atoms with E-state index in [4.69, 9.17) is 0 Å². The SMILES string of the molecule is CNC(=O)c1ccc(CN2C[C@@H](C)CN(C)c3ccccc32)cc1. The van der Waals surface area contributed by atoms with Gasteiger partial charge in [-0.2, -0.15) is 0 Å². The molecule has 24 heavy (non-hydrogen) atoms. The summed E-state index contributed by atoms with van der Waals surface area (Å²) in [4.78, 5) is 16.5. The van der Waals surface area contributed by atoms with Crippen LogP contribution >= 0.6 is 0 Å². The Labute approximate surface area is 144 Å². The second kappa shape index (κ2) is 6.95. The first-order chi connectivity index (χ1) is 11.6. The predicted octanol–water partition coefficient (Wildman–Crippen LogP) is 3.14. The molecule has 4 heteroatoms. The van der Waals surface area contributed by atoms with Gasteiger partial charge in [0.25, 0.3) is 5.91 Å². The fourth-order valence-corrected chi connectivity index (χ4v) is 3.43. The molecule has 1 heterocycles. The summed E-state index contributed by atoms with van der Waals surface area (Å²) in [5.41, 5.74) is 4.48. The Bertz CT molecular complexity index is 711. The number of hydrogen-bond acceptors (Lipinski definition) is 3. The van der Waals surface area contributed by atoms with E-state index in [9.17, 15) is 4.79 Å². The second-order valence-electron chi connectivity index (χ2n) is 6.63. The van der Waals surface area contributed by atoms with Gasteiger partial charge in [-0.3, -0.25) is 4.79 Å². The molecule has 1 amide bonds. The van der Waals surface area contributed by atoms with Crippen LogP contribution in [0.4, 0.5) is 11.4 Å². The van der Waals surface area contributed by atoms with Gasteiger partial charge in [-0.15, -0.1) is 0 Å². The fraction of sp³-hybridized carbons (Fsp3) is 0.350. The molecule has 0 saturated heterocycles. The summed E-state index contributed by atoms with van der Waals surface area (Å²) < 4.78 is 0. The zero-order valence-corrected chi connectivity index (χ0v) is 14.6. The molecule has 0 saturated carbocycles. The third-order valence-corrected chi connectivity index (χ3v) is 4.57. The second-order valence-corrected chi connectivity index (χ2v) is 6.63. The van der Waals surface area contributed by atoms with Crippen LogP contribution in [0.3, 0.4) is 0 Å². The number of nitrogens with zero attached hydrogens (tertiary/aromatic N) is 2. The Morgan fingerprint density at radius 1 is 1.08 bits per heavy atom. The van der Waals surface area contributed by atoms with Crippen molar-refractivity contribution >= 4 is 17.3 Å². The molecular weight excluding hydrogens is 298 g/mol. The van der Waals surface area contributed by atoms with Crippen molar-refractivity contribution in [2.24, 2.45) is 5.92 Å². The number of nitrogens with one attached hydrogen (secondary N) is 1. The Kier molecular flexibility index (Phi) is 4.74. The number of benzene rings is 2. The van der Waals surface area contributed by atoms with Gasteiger partial charge < -0.3 is 15.1 Å². The summed E-state index contributed by atoms with van der Waals surface area (Å²) in [6, 6.07) is 16.5. The molecule has 2 aromatic carbocycles. The Balaban J connectivity index is 1.85. The van der Waals surface area contributed by atoms with Crippen molar-refractivity contribution < 1.29 is 4.79 Å². The number of hydrogen-bond donors (Lipinski definition) is 1. The molecule has 126 valence electrons. The van der Waals surface area contributed by atoms with Crippen LogP contribution in [0.2, 0.25) is 0 Å². The van der Waals surface area contributed by atoms with Gasteiger partial charge >= 0.3 is 0 Å². The highest BCUT2D eigenvalue weighted by molar-refractivity contribution is 5.93. The van der Waals surface area contributed by atoms with E-state index in [1.54, 1.807) is 7.05 Å². The molecule has 3 rings (SSSR count). The minimum absolute atomic E-state index is 0.0445. The van der Waals surface area contributed by atoms with Gasteiger partial charge in [0.2, 0.25) is 0 Å². The average Bonchev–Trinajstić information content (AvgIpc) is 2.72. The molecule has 1 aliphatic heterocycles. The molecule has 0 aliphatic carbocycles. The van der Waals surface area contributed by atoms with Crippen LogP contribution in [0.25, 0.3) is 0 Å². The number of carbonyl (C=O) groups is 1. The Hall–Kier alpha value is -2.49. The average molecular weight is 323 g/mol. The third-order valence-electron chi connectivity index (χ3n) is 4.57. The Morgan fingerprint density at radius 2 is 1.75 bits per heavy atom. The highest BCUT2D eigenvalue weighted by atomic mass is 16.1. The molecule has 0 radical (unpaired) electrons. The van der Waals surface area contributed by atoms with E-state index >= 15 is 0 Å². The first-order valence-corrected chi connectivity index (χ1v) is 8.44. The van der Waals surface area contributed by atoms with Crippen LogP contribution in [-0.2, 0) is 6.54 Å². The molecule has 1 atom stereocenters. The normalized spacial score (nSPS) is 17.2. The van der Waals surface area contributed by atoms with Gasteiger partial charge in [0.1, 0.15) is 0 Å². The quantitative estimate of drug-likeness (QED) is 0.942. The number of carbonyl (C=O) groups excluding carboxylic acids is 1. The van der Waals surface area contributed by atoms with Crippen molar-refractivity contribution in [3.05, 3.63) is 59.7 Å². The maximum atomic E-state index is 11.7. The summed E-state index contributed by atoms with van der Waals surface area (Å²) in [5.74, 6) is 0.546. The van der Waals surface area contributed by atoms with Crippen LogP contribution in [0.15, 0.2) is 48.5 Å². The number of para-hydroxylation sites is 2. The largest absolute Gasteiger partial charge is 0.373 e. The van der Waals surface area contributed by atoms with Crippen LogP contribution in [0.1, 0.15) is 22.8 Å². The number of anilines is 2. The lowest BCUT2D eigenvalue weighted by atomic mass is 10.1. The maximum Gasteiger partial charge on any atom is 0.251 e. The lowest BCUT2D eigenvalue weighted by Crippen LogP contribution is -2.29. The van der Waals surface area contributed by atoms with Crippen molar-refractivity contribution in [2.75, 3.05) is 37.0 Å². The fourth-order valence-electron chi connectivity index (χ4n) is 3.43. The number of amides is 1. The predicted molar refractivity (Wildman–Crippen MR) is 99.8 cm³/mol. The minimum Gasteiger partial charge on any atom is -0.373 e. The van der Waals surface area contributed by atoms with E-state index < -0.39 is 0 Å². The van der Waals surface area contributed by atoms with Crippen LogP contribution in [0, 0.1) is 5.92 Å². The summed E-state index contributed by atoms with van der Waals surface area (Å²) in [5, 5.41) is 2.66. The standard InChI is InChI=1S/C20H25N3O/c1-15-12-22(3)18-6-4-5-7-19(18)23(13-15)14-16-8-10-17(11-9-16)20(24)21-2/h4-11,15H,12-14H2,1-3H3,(H,21,24)/t15-/m0/s1. The number of rotatable bonds is 3. The molecule has 0 bridgehead atoms. The maximum absolute atomic E-state index is 11.7. The van der Waals surface area contributed by atoms with E-state index in [1.165, 1.54) is 16.9 Å². The van der Waals surface area contributed by atoms with E-state index in [-0.39, 0.29) is 5.91 Å². The molecule has 4 nitrogen and oxygen atoms in total. The first kappa shape index (κ1) is 16.4. The lowest BCUT2D eigenvalue weighted by Gasteiger charge is -2.26. The summed E-state index contributed by atoms with van der Waals surface area (Å²) in [6.07, 6.45) is 0. The number of fused-ring (bicyclic) bond motifs is 1. The zero-order chi connectivity index (χ0) is 17.1. The summed E-state index contributed by atoms with van der Waals surface area (Å²) >= 11 is 0. The zero-order valence-electron chi connectivity index (χ0n) is 14.6. The van der Waals surface area contributed by atoms with Crippen molar-refractivity contribution in [2.45, 2.75) is 13.5 Å². The monoisotopic (exact) mass is 323 g/mol. The first-order valence-electron chi connectivity index (χ1n) is 8.44. The molecular formula is C20H25N3O. The lowest BCUT2D eigenvalue weighted by molar-refractivity contribution is 0.0963. The van der Waals surface area contributed by atoms with Crippen molar-refractivity contribution in [3.8, 4) is 0 Å². The van der Waals surface area contributed by atoms with E-state index in [2.05, 4.69) is 53.4 Å². The summed E-state index contributed by atoms with van der Waals surface area (Å²) in [7, 11) is 3.82. The van der Waals surface area contributed by atoms with Crippen molar-refractivity contribution in [3.63, 3.8) is 0 Å². The smallest absolute Gasteiger partial charge is 0.251 e. The van der Waals surface area contributed by atoms with Gasteiger partial charge in [-0.25, -0.2) is 0 Å². The van der Waals surface area contributed by atoms with Gasteiger partial charge in [-0.1, -0.05) is 31.2 Å². The van der Waals surface area contributed by atoms with Gasteiger partial charge in [-0.05, 0) is 35.7 Å². The van der Waals surface area contributed by atoms with Crippen molar-refractivity contribution in [1.82, 2.24) is 5.32 Å².